The Labute approximate surface area is 129 Å². The van der Waals surface area contributed by atoms with Gasteiger partial charge in [-0.1, -0.05) is 19.8 Å². The molecule has 5 heteroatoms. The van der Waals surface area contributed by atoms with Crippen molar-refractivity contribution < 1.29 is 13.6 Å². The van der Waals surface area contributed by atoms with Crippen LogP contribution in [-0.4, -0.2) is 17.4 Å². The van der Waals surface area contributed by atoms with Gasteiger partial charge in [-0.3, -0.25) is 4.79 Å². The lowest BCUT2D eigenvalue weighted by Crippen LogP contribution is -2.24. The molecule has 0 aliphatic rings. The molecule has 2 rings (SSSR count). The van der Waals surface area contributed by atoms with Crippen LogP contribution in [0.25, 0.3) is 11.3 Å². The number of nitrogens with zero attached hydrogens (tertiary/aromatic N) is 1. The molecule has 1 aromatic heterocycles. The molecule has 0 fully saturated rings. The van der Waals surface area contributed by atoms with E-state index in [1.165, 1.54) is 12.1 Å². The van der Waals surface area contributed by atoms with E-state index in [9.17, 15) is 9.18 Å². The number of aryl methyl sites for hydroxylation is 1. The van der Waals surface area contributed by atoms with Crippen LogP contribution in [0.4, 0.5) is 4.39 Å². The number of oxazole rings is 1. The summed E-state index contributed by atoms with van der Waals surface area (Å²) in [6.07, 6.45) is 5.69. The summed E-state index contributed by atoms with van der Waals surface area (Å²) in [7, 11) is 0. The molecule has 118 valence electrons. The van der Waals surface area contributed by atoms with E-state index >= 15 is 0 Å². The number of benzene rings is 1. The quantitative estimate of drug-likeness (QED) is 0.756. The minimum atomic E-state index is -0.289. The number of carbonyl (C=O) groups is 1. The SMILES string of the molecule is CCCCCNC(=O)CCc1ncc(-c2ccc(F)cc2)o1. The van der Waals surface area contributed by atoms with Crippen molar-refractivity contribution in [2.24, 2.45) is 0 Å². The van der Waals surface area contributed by atoms with Crippen LogP contribution in [0.1, 0.15) is 38.5 Å². The zero-order valence-electron chi connectivity index (χ0n) is 12.8. The number of unbranched alkanes of at least 4 members (excludes halogenated alkanes) is 2. The first-order valence-corrected chi connectivity index (χ1v) is 7.66. The number of aromatic nitrogens is 1. The van der Waals surface area contributed by atoms with Gasteiger partial charge in [0, 0.05) is 24.9 Å². The summed E-state index contributed by atoms with van der Waals surface area (Å²) in [5.41, 5.74) is 0.768. The molecule has 1 amide bonds. The fourth-order valence-corrected chi connectivity index (χ4v) is 2.09. The molecule has 0 aliphatic heterocycles. The summed E-state index contributed by atoms with van der Waals surface area (Å²) in [5, 5.41) is 2.88. The van der Waals surface area contributed by atoms with Gasteiger partial charge in [-0.25, -0.2) is 9.37 Å². The summed E-state index contributed by atoms with van der Waals surface area (Å²) in [4.78, 5) is 15.8. The molecule has 0 spiro atoms. The molecule has 2 aromatic rings. The highest BCUT2D eigenvalue weighted by atomic mass is 19.1. The topological polar surface area (TPSA) is 55.1 Å². The standard InChI is InChI=1S/C17H21FN2O2/c1-2-3-4-11-19-16(21)9-10-17-20-12-15(22-17)13-5-7-14(18)8-6-13/h5-8,12H,2-4,9-11H2,1H3,(H,19,21). The second-order valence-electron chi connectivity index (χ2n) is 5.18. The van der Waals surface area contributed by atoms with Crippen molar-refractivity contribution in [3.8, 4) is 11.3 Å². The lowest BCUT2D eigenvalue weighted by molar-refractivity contribution is -0.121. The second-order valence-corrected chi connectivity index (χ2v) is 5.18. The number of amides is 1. The third-order valence-corrected chi connectivity index (χ3v) is 3.35. The lowest BCUT2D eigenvalue weighted by atomic mass is 10.2. The van der Waals surface area contributed by atoms with Crippen molar-refractivity contribution in [2.45, 2.75) is 39.0 Å². The molecule has 1 aromatic carbocycles. The highest BCUT2D eigenvalue weighted by Gasteiger charge is 2.09. The Morgan fingerprint density at radius 1 is 1.27 bits per heavy atom. The Morgan fingerprint density at radius 2 is 2.05 bits per heavy atom. The molecule has 0 unspecified atom stereocenters. The summed E-state index contributed by atoms with van der Waals surface area (Å²) < 4.78 is 18.5. The van der Waals surface area contributed by atoms with Crippen molar-refractivity contribution in [1.82, 2.24) is 10.3 Å². The van der Waals surface area contributed by atoms with Gasteiger partial charge in [0.15, 0.2) is 11.7 Å². The Kier molecular flexibility index (Phi) is 6.13. The van der Waals surface area contributed by atoms with Crippen molar-refractivity contribution in [3.05, 3.63) is 42.2 Å². The first kappa shape index (κ1) is 16.2. The van der Waals surface area contributed by atoms with Gasteiger partial charge >= 0.3 is 0 Å². The van der Waals surface area contributed by atoms with Gasteiger partial charge < -0.3 is 9.73 Å². The molecule has 0 saturated carbocycles. The third kappa shape index (κ3) is 4.98. The monoisotopic (exact) mass is 304 g/mol. The fraction of sp³-hybridized carbons (Fsp3) is 0.412. The maximum Gasteiger partial charge on any atom is 0.220 e. The van der Waals surface area contributed by atoms with Crippen LogP contribution in [0, 0.1) is 5.82 Å². The minimum absolute atomic E-state index is 0.0117. The van der Waals surface area contributed by atoms with Gasteiger partial charge in [0.1, 0.15) is 5.82 Å². The summed E-state index contributed by atoms with van der Waals surface area (Å²) >= 11 is 0. The molecule has 0 atom stereocenters. The van der Waals surface area contributed by atoms with Gasteiger partial charge in [0.2, 0.25) is 5.91 Å². The van der Waals surface area contributed by atoms with E-state index in [2.05, 4.69) is 17.2 Å². The predicted octanol–water partition coefficient (Wildman–Crippen LogP) is 3.72. The van der Waals surface area contributed by atoms with Crippen LogP contribution < -0.4 is 5.32 Å². The molecule has 0 saturated heterocycles. The molecule has 0 bridgehead atoms. The third-order valence-electron chi connectivity index (χ3n) is 3.35. The Bertz CT molecular complexity index is 593. The number of nitrogens with one attached hydrogen (secondary N) is 1. The summed E-state index contributed by atoms with van der Waals surface area (Å²) in [6.45, 7) is 2.85. The van der Waals surface area contributed by atoms with Crippen LogP contribution in [0.15, 0.2) is 34.9 Å². The maximum atomic E-state index is 12.9. The first-order valence-electron chi connectivity index (χ1n) is 7.66. The van der Waals surface area contributed by atoms with E-state index in [0.717, 1.165) is 31.4 Å². The molecular formula is C17H21FN2O2. The zero-order chi connectivity index (χ0) is 15.8. The van der Waals surface area contributed by atoms with Crippen LogP contribution in [0.5, 0.6) is 0 Å². The van der Waals surface area contributed by atoms with Gasteiger partial charge in [-0.2, -0.15) is 0 Å². The normalized spacial score (nSPS) is 10.6. The molecule has 1 N–H and O–H groups in total. The first-order chi connectivity index (χ1) is 10.7. The molecule has 1 heterocycles. The predicted molar refractivity (Wildman–Crippen MR) is 82.8 cm³/mol. The van der Waals surface area contributed by atoms with E-state index in [1.807, 2.05) is 0 Å². The molecule has 0 aliphatic carbocycles. The van der Waals surface area contributed by atoms with Crippen LogP contribution in [0.2, 0.25) is 0 Å². The largest absolute Gasteiger partial charge is 0.441 e. The van der Waals surface area contributed by atoms with Crippen molar-refractivity contribution in [2.75, 3.05) is 6.54 Å². The summed E-state index contributed by atoms with van der Waals surface area (Å²) in [5.74, 6) is 0.822. The van der Waals surface area contributed by atoms with Gasteiger partial charge in [0.25, 0.3) is 0 Å². The number of rotatable bonds is 8. The van der Waals surface area contributed by atoms with E-state index in [0.29, 0.717) is 24.5 Å². The highest BCUT2D eigenvalue weighted by Crippen LogP contribution is 2.21. The lowest BCUT2D eigenvalue weighted by Gasteiger charge is -2.03. The average molecular weight is 304 g/mol. The number of hydrogen-bond donors (Lipinski definition) is 1. The van der Waals surface area contributed by atoms with Crippen molar-refractivity contribution >= 4 is 5.91 Å². The van der Waals surface area contributed by atoms with Gasteiger partial charge in [-0.15, -0.1) is 0 Å². The van der Waals surface area contributed by atoms with Crippen LogP contribution >= 0.6 is 0 Å². The number of hydrogen-bond acceptors (Lipinski definition) is 3. The van der Waals surface area contributed by atoms with Crippen LogP contribution in [-0.2, 0) is 11.2 Å². The molecule has 22 heavy (non-hydrogen) atoms. The number of halogens is 1. The molecular weight excluding hydrogens is 283 g/mol. The van der Waals surface area contributed by atoms with Crippen molar-refractivity contribution in [1.29, 1.82) is 0 Å². The van der Waals surface area contributed by atoms with Gasteiger partial charge in [0.05, 0.1) is 6.20 Å². The highest BCUT2D eigenvalue weighted by molar-refractivity contribution is 5.75. The van der Waals surface area contributed by atoms with E-state index < -0.39 is 0 Å². The smallest absolute Gasteiger partial charge is 0.220 e. The fourth-order valence-electron chi connectivity index (χ4n) is 2.09. The van der Waals surface area contributed by atoms with E-state index in [1.54, 1.807) is 18.3 Å². The zero-order valence-corrected chi connectivity index (χ0v) is 12.8. The van der Waals surface area contributed by atoms with E-state index in [-0.39, 0.29) is 11.7 Å². The second kappa shape index (κ2) is 8.32. The van der Waals surface area contributed by atoms with Crippen LogP contribution in [0.3, 0.4) is 0 Å². The van der Waals surface area contributed by atoms with E-state index in [4.69, 9.17) is 4.42 Å². The van der Waals surface area contributed by atoms with Crippen molar-refractivity contribution in [3.63, 3.8) is 0 Å². The Hall–Kier alpha value is -2.17. The molecule has 0 radical (unpaired) electrons. The maximum absolute atomic E-state index is 12.9. The summed E-state index contributed by atoms with van der Waals surface area (Å²) in [6, 6.07) is 6.03. The Morgan fingerprint density at radius 3 is 2.77 bits per heavy atom. The average Bonchev–Trinajstić information content (AvgIpc) is 2.99. The Balaban J connectivity index is 1.79. The molecule has 4 nitrogen and oxygen atoms in total. The minimum Gasteiger partial charge on any atom is -0.441 e. The number of carbonyl (C=O) groups excluding carboxylic acids is 1. The van der Waals surface area contributed by atoms with Gasteiger partial charge in [-0.05, 0) is 30.7 Å².